The summed E-state index contributed by atoms with van der Waals surface area (Å²) < 4.78 is 0. The molecule has 0 radical (unpaired) electrons. The first-order valence-corrected chi connectivity index (χ1v) is 9.49. The third kappa shape index (κ3) is 4.85. The third-order valence-electron chi connectivity index (χ3n) is 5.14. The molecule has 0 saturated heterocycles. The number of hydrogen-bond acceptors (Lipinski definition) is 3. The SMILES string of the molecule is CC(C(=O)C(=O)NC(C)(C)c1cccc(Cl)c1)N(C=O)C1CCCCC1. The highest BCUT2D eigenvalue weighted by molar-refractivity contribution is 6.38. The fraction of sp³-hybridized carbons (Fsp3) is 0.550. The Balaban J connectivity index is 2.07. The fourth-order valence-electron chi connectivity index (χ4n) is 3.49. The number of hydrogen-bond donors (Lipinski definition) is 1. The van der Waals surface area contributed by atoms with Gasteiger partial charge < -0.3 is 10.2 Å². The summed E-state index contributed by atoms with van der Waals surface area (Å²) in [4.78, 5) is 38.2. The topological polar surface area (TPSA) is 66.5 Å². The first kappa shape index (κ1) is 20.4. The van der Waals surface area contributed by atoms with E-state index < -0.39 is 23.3 Å². The molecule has 0 aromatic heterocycles. The van der Waals surface area contributed by atoms with E-state index in [1.807, 2.05) is 19.9 Å². The van der Waals surface area contributed by atoms with E-state index in [2.05, 4.69) is 5.32 Å². The van der Waals surface area contributed by atoms with Gasteiger partial charge >= 0.3 is 0 Å². The summed E-state index contributed by atoms with van der Waals surface area (Å²) in [6.45, 7) is 5.25. The first-order valence-electron chi connectivity index (χ1n) is 9.11. The van der Waals surface area contributed by atoms with Gasteiger partial charge in [-0.2, -0.15) is 0 Å². The lowest BCUT2D eigenvalue weighted by Gasteiger charge is -2.35. The average molecular weight is 379 g/mol. The number of amides is 2. The number of carbonyl (C=O) groups is 3. The monoisotopic (exact) mass is 378 g/mol. The van der Waals surface area contributed by atoms with Crippen molar-refractivity contribution in [1.29, 1.82) is 0 Å². The molecular formula is C20H27ClN2O3. The van der Waals surface area contributed by atoms with Crippen LogP contribution in [0.2, 0.25) is 5.02 Å². The lowest BCUT2D eigenvalue weighted by Crippen LogP contribution is -2.52. The van der Waals surface area contributed by atoms with E-state index in [1.165, 1.54) is 4.90 Å². The van der Waals surface area contributed by atoms with Crippen molar-refractivity contribution in [1.82, 2.24) is 10.2 Å². The van der Waals surface area contributed by atoms with Crippen molar-refractivity contribution in [2.24, 2.45) is 0 Å². The van der Waals surface area contributed by atoms with Crippen LogP contribution in [0.3, 0.4) is 0 Å². The predicted octanol–water partition coefficient (Wildman–Crippen LogP) is 3.44. The second-order valence-corrected chi connectivity index (χ2v) is 7.91. The summed E-state index contributed by atoms with van der Waals surface area (Å²) in [5.41, 5.74) is 0.0483. The summed E-state index contributed by atoms with van der Waals surface area (Å²) >= 11 is 6.02. The van der Waals surface area contributed by atoms with Gasteiger partial charge in [0.05, 0.1) is 11.6 Å². The normalized spacial score (nSPS) is 16.6. The second-order valence-electron chi connectivity index (χ2n) is 7.47. The molecular weight excluding hydrogens is 352 g/mol. The minimum atomic E-state index is -0.772. The van der Waals surface area contributed by atoms with Crippen molar-refractivity contribution < 1.29 is 14.4 Å². The predicted molar refractivity (Wildman–Crippen MR) is 102 cm³/mol. The maximum absolute atomic E-state index is 12.6. The van der Waals surface area contributed by atoms with Crippen LogP contribution in [-0.2, 0) is 19.9 Å². The van der Waals surface area contributed by atoms with Crippen molar-refractivity contribution in [3.63, 3.8) is 0 Å². The van der Waals surface area contributed by atoms with Gasteiger partial charge in [0, 0.05) is 11.1 Å². The number of rotatable bonds is 7. The number of nitrogens with one attached hydrogen (secondary N) is 1. The molecule has 0 aliphatic heterocycles. The van der Waals surface area contributed by atoms with Crippen LogP contribution in [0.5, 0.6) is 0 Å². The maximum Gasteiger partial charge on any atom is 0.290 e. The van der Waals surface area contributed by atoms with Gasteiger partial charge in [0.2, 0.25) is 12.2 Å². The van der Waals surface area contributed by atoms with Crippen LogP contribution in [0.25, 0.3) is 0 Å². The molecule has 2 rings (SSSR count). The number of benzene rings is 1. The summed E-state index contributed by atoms with van der Waals surface area (Å²) in [6, 6.07) is 6.42. The number of Topliss-reactive ketones (excluding diaryl/α,β-unsaturated/α-hetero) is 1. The van der Waals surface area contributed by atoms with Gasteiger partial charge in [-0.05, 0) is 51.3 Å². The van der Waals surface area contributed by atoms with Crippen molar-refractivity contribution in [2.75, 3.05) is 0 Å². The molecule has 1 aliphatic rings. The standard InChI is InChI=1S/C20H27ClN2O3/c1-14(23(13-24)17-10-5-4-6-11-17)18(25)19(26)22-20(2,3)15-8-7-9-16(21)12-15/h7-9,12-14,17H,4-6,10-11H2,1-3H3,(H,22,26). The van der Waals surface area contributed by atoms with Gasteiger partial charge in [0.1, 0.15) is 0 Å². The van der Waals surface area contributed by atoms with Gasteiger partial charge in [0.15, 0.2) is 0 Å². The Hall–Kier alpha value is -1.88. The molecule has 0 bridgehead atoms. The Morgan fingerprint density at radius 3 is 2.50 bits per heavy atom. The van der Waals surface area contributed by atoms with Gasteiger partial charge in [-0.15, -0.1) is 0 Å². The van der Waals surface area contributed by atoms with Crippen LogP contribution in [0.1, 0.15) is 58.4 Å². The minimum absolute atomic E-state index is 0.0361. The maximum atomic E-state index is 12.6. The highest BCUT2D eigenvalue weighted by atomic mass is 35.5. The molecule has 0 spiro atoms. The molecule has 142 valence electrons. The van der Waals surface area contributed by atoms with Crippen molar-refractivity contribution >= 4 is 29.7 Å². The van der Waals surface area contributed by atoms with E-state index in [0.717, 1.165) is 37.7 Å². The van der Waals surface area contributed by atoms with E-state index in [1.54, 1.807) is 25.1 Å². The number of nitrogens with zero attached hydrogens (tertiary/aromatic N) is 1. The molecule has 1 N–H and O–H groups in total. The first-order chi connectivity index (χ1) is 12.3. The van der Waals surface area contributed by atoms with E-state index in [-0.39, 0.29) is 6.04 Å². The zero-order chi connectivity index (χ0) is 19.3. The molecule has 6 heteroatoms. The van der Waals surface area contributed by atoms with Gasteiger partial charge in [0.25, 0.3) is 5.91 Å². The molecule has 1 saturated carbocycles. The van der Waals surface area contributed by atoms with Crippen LogP contribution in [0.15, 0.2) is 24.3 Å². The lowest BCUT2D eigenvalue weighted by atomic mass is 9.92. The molecule has 5 nitrogen and oxygen atoms in total. The zero-order valence-electron chi connectivity index (χ0n) is 15.6. The van der Waals surface area contributed by atoms with Crippen molar-refractivity contribution in [3.05, 3.63) is 34.9 Å². The third-order valence-corrected chi connectivity index (χ3v) is 5.38. The largest absolute Gasteiger partial charge is 0.340 e. The van der Waals surface area contributed by atoms with Crippen LogP contribution < -0.4 is 5.32 Å². The molecule has 1 aromatic rings. The minimum Gasteiger partial charge on any atom is -0.340 e. The molecule has 1 unspecified atom stereocenters. The Kier molecular flexibility index (Phi) is 6.81. The molecule has 1 atom stereocenters. The summed E-state index contributed by atoms with van der Waals surface area (Å²) in [6.07, 6.45) is 5.71. The van der Waals surface area contributed by atoms with E-state index in [4.69, 9.17) is 11.6 Å². The molecule has 1 aliphatic carbocycles. The summed E-state index contributed by atoms with van der Waals surface area (Å²) in [5.74, 6) is -1.29. The Morgan fingerprint density at radius 2 is 1.92 bits per heavy atom. The smallest absolute Gasteiger partial charge is 0.290 e. The quantitative estimate of drug-likeness (QED) is 0.583. The second kappa shape index (κ2) is 8.67. The molecule has 1 fully saturated rings. The van der Waals surface area contributed by atoms with E-state index in [0.29, 0.717) is 11.4 Å². The Labute approximate surface area is 160 Å². The van der Waals surface area contributed by atoms with Crippen LogP contribution in [0, 0.1) is 0 Å². The highest BCUT2D eigenvalue weighted by Crippen LogP contribution is 2.25. The summed E-state index contributed by atoms with van der Waals surface area (Å²) in [5, 5.41) is 3.34. The van der Waals surface area contributed by atoms with Gasteiger partial charge in [-0.3, -0.25) is 14.4 Å². The van der Waals surface area contributed by atoms with Crippen molar-refractivity contribution in [2.45, 2.75) is 70.5 Å². The molecule has 0 heterocycles. The van der Waals surface area contributed by atoms with E-state index >= 15 is 0 Å². The van der Waals surface area contributed by atoms with Gasteiger partial charge in [-0.25, -0.2) is 0 Å². The molecule has 26 heavy (non-hydrogen) atoms. The molecule has 2 amide bonds. The number of halogens is 1. The number of carbonyl (C=O) groups excluding carboxylic acids is 3. The van der Waals surface area contributed by atoms with Crippen LogP contribution >= 0.6 is 11.6 Å². The average Bonchev–Trinajstić information content (AvgIpc) is 2.62. The Bertz CT molecular complexity index is 669. The lowest BCUT2D eigenvalue weighted by molar-refractivity contribution is -0.144. The van der Waals surface area contributed by atoms with Crippen LogP contribution in [0.4, 0.5) is 0 Å². The highest BCUT2D eigenvalue weighted by Gasteiger charge is 2.34. The zero-order valence-corrected chi connectivity index (χ0v) is 16.4. The van der Waals surface area contributed by atoms with E-state index in [9.17, 15) is 14.4 Å². The molecule has 1 aromatic carbocycles. The number of ketones is 1. The van der Waals surface area contributed by atoms with Crippen molar-refractivity contribution in [3.8, 4) is 0 Å². The fourth-order valence-corrected chi connectivity index (χ4v) is 3.68. The van der Waals surface area contributed by atoms with Gasteiger partial charge in [-0.1, -0.05) is 43.0 Å². The van der Waals surface area contributed by atoms with Crippen LogP contribution in [-0.4, -0.2) is 35.1 Å². The summed E-state index contributed by atoms with van der Waals surface area (Å²) in [7, 11) is 0. The Morgan fingerprint density at radius 1 is 1.27 bits per heavy atom.